The molecular formula is C9H11N5O2. The molecule has 0 aromatic carbocycles. The second kappa shape index (κ2) is 6.31. The molecule has 3 N–H and O–H groups in total. The number of amides is 1. The summed E-state index contributed by atoms with van der Waals surface area (Å²) < 4.78 is 4.92. The van der Waals surface area contributed by atoms with Crippen LogP contribution < -0.4 is 11.1 Å². The van der Waals surface area contributed by atoms with Crippen LogP contribution in [0.3, 0.4) is 0 Å². The fourth-order valence-electron chi connectivity index (χ4n) is 0.967. The highest BCUT2D eigenvalue weighted by Gasteiger charge is 2.01. The van der Waals surface area contributed by atoms with Crippen LogP contribution in [-0.4, -0.2) is 35.9 Å². The molecule has 0 radical (unpaired) electrons. The zero-order valence-electron chi connectivity index (χ0n) is 8.51. The lowest BCUT2D eigenvalue weighted by atomic mass is 10.3. The monoisotopic (exact) mass is 221 g/mol. The Balaban J connectivity index is 2.32. The van der Waals surface area contributed by atoms with E-state index in [2.05, 4.69) is 15.5 Å². The predicted octanol–water partition coefficient (Wildman–Crippen LogP) is -0.738. The van der Waals surface area contributed by atoms with Gasteiger partial charge < -0.3 is 15.8 Å². The Hall–Kier alpha value is -2.20. The van der Waals surface area contributed by atoms with E-state index in [-0.39, 0.29) is 6.61 Å². The van der Waals surface area contributed by atoms with E-state index >= 15 is 0 Å². The molecule has 0 fully saturated rings. The van der Waals surface area contributed by atoms with E-state index in [9.17, 15) is 4.79 Å². The second-order valence-electron chi connectivity index (χ2n) is 2.85. The molecule has 7 nitrogen and oxygen atoms in total. The normalized spacial score (nSPS) is 9.44. The van der Waals surface area contributed by atoms with E-state index in [1.807, 2.05) is 6.07 Å². The Bertz CT molecular complexity index is 401. The summed E-state index contributed by atoms with van der Waals surface area (Å²) in [6, 6.07) is 3.53. The Labute approximate surface area is 92.2 Å². The summed E-state index contributed by atoms with van der Waals surface area (Å²) in [7, 11) is 0. The van der Waals surface area contributed by atoms with Crippen molar-refractivity contribution >= 4 is 11.7 Å². The SMILES string of the molecule is N#Cc1ccnnc1NCCOCC(N)=O. The highest BCUT2D eigenvalue weighted by Crippen LogP contribution is 2.06. The maximum absolute atomic E-state index is 10.3. The first-order chi connectivity index (χ1) is 7.74. The van der Waals surface area contributed by atoms with Gasteiger partial charge in [-0.2, -0.15) is 10.4 Å². The van der Waals surface area contributed by atoms with Crippen molar-refractivity contribution in [1.29, 1.82) is 5.26 Å². The predicted molar refractivity (Wildman–Crippen MR) is 55.3 cm³/mol. The quantitative estimate of drug-likeness (QED) is 0.611. The lowest BCUT2D eigenvalue weighted by Gasteiger charge is -2.05. The molecule has 0 saturated heterocycles. The van der Waals surface area contributed by atoms with Gasteiger partial charge in [0.1, 0.15) is 12.7 Å². The molecule has 0 aliphatic rings. The van der Waals surface area contributed by atoms with Crippen LogP contribution in [0.5, 0.6) is 0 Å². The van der Waals surface area contributed by atoms with Crippen molar-refractivity contribution in [1.82, 2.24) is 10.2 Å². The zero-order valence-corrected chi connectivity index (χ0v) is 8.51. The zero-order chi connectivity index (χ0) is 11.8. The van der Waals surface area contributed by atoms with Gasteiger partial charge in [-0.05, 0) is 6.07 Å². The van der Waals surface area contributed by atoms with Crippen LogP contribution in [0.1, 0.15) is 5.56 Å². The van der Waals surface area contributed by atoms with Crippen LogP contribution in [-0.2, 0) is 9.53 Å². The second-order valence-corrected chi connectivity index (χ2v) is 2.85. The maximum Gasteiger partial charge on any atom is 0.243 e. The first-order valence-corrected chi connectivity index (χ1v) is 4.55. The molecule has 0 bridgehead atoms. The van der Waals surface area contributed by atoms with E-state index in [4.69, 9.17) is 15.7 Å². The molecule has 0 spiro atoms. The number of carbonyl (C=O) groups is 1. The smallest absolute Gasteiger partial charge is 0.243 e. The van der Waals surface area contributed by atoms with Crippen LogP contribution in [0, 0.1) is 11.3 Å². The summed E-state index contributed by atoms with van der Waals surface area (Å²) in [5.74, 6) is -0.120. The summed E-state index contributed by atoms with van der Waals surface area (Å²) in [5.41, 5.74) is 5.29. The van der Waals surface area contributed by atoms with Gasteiger partial charge in [-0.1, -0.05) is 0 Å². The number of ether oxygens (including phenoxy) is 1. The topological polar surface area (TPSA) is 114 Å². The van der Waals surface area contributed by atoms with Crippen molar-refractivity contribution in [3.8, 4) is 6.07 Å². The number of anilines is 1. The van der Waals surface area contributed by atoms with Crippen LogP contribution in [0.2, 0.25) is 0 Å². The van der Waals surface area contributed by atoms with E-state index in [1.54, 1.807) is 6.07 Å². The van der Waals surface area contributed by atoms with Crippen LogP contribution >= 0.6 is 0 Å². The molecule has 1 heterocycles. The van der Waals surface area contributed by atoms with Gasteiger partial charge in [-0.3, -0.25) is 4.79 Å². The molecule has 7 heteroatoms. The number of nitrogens with two attached hydrogens (primary N) is 1. The van der Waals surface area contributed by atoms with Crippen LogP contribution in [0.15, 0.2) is 12.3 Å². The molecule has 0 aliphatic heterocycles. The average Bonchev–Trinajstić information content (AvgIpc) is 2.29. The Kier molecular flexibility index (Phi) is 4.69. The number of primary amides is 1. The number of aromatic nitrogens is 2. The summed E-state index contributed by atoms with van der Waals surface area (Å²) in [5, 5.41) is 19.0. The minimum Gasteiger partial charge on any atom is -0.370 e. The number of nitriles is 1. The van der Waals surface area contributed by atoms with Gasteiger partial charge in [-0.15, -0.1) is 5.10 Å². The average molecular weight is 221 g/mol. The number of hydrogen-bond acceptors (Lipinski definition) is 6. The first-order valence-electron chi connectivity index (χ1n) is 4.55. The minimum atomic E-state index is -0.516. The molecule has 1 amide bonds. The largest absolute Gasteiger partial charge is 0.370 e. The minimum absolute atomic E-state index is 0.118. The molecule has 16 heavy (non-hydrogen) atoms. The first kappa shape index (κ1) is 11.9. The van der Waals surface area contributed by atoms with Gasteiger partial charge in [0, 0.05) is 6.54 Å². The third-order valence-electron chi connectivity index (χ3n) is 1.62. The number of rotatable bonds is 6. The van der Waals surface area contributed by atoms with Crippen molar-refractivity contribution in [2.45, 2.75) is 0 Å². The molecular weight excluding hydrogens is 210 g/mol. The van der Waals surface area contributed by atoms with E-state index < -0.39 is 5.91 Å². The Morgan fingerprint density at radius 2 is 2.50 bits per heavy atom. The molecule has 0 aliphatic carbocycles. The molecule has 0 unspecified atom stereocenters. The lowest BCUT2D eigenvalue weighted by molar-refractivity contribution is -0.122. The van der Waals surface area contributed by atoms with Crippen LogP contribution in [0.4, 0.5) is 5.82 Å². The molecule has 0 saturated carbocycles. The van der Waals surface area contributed by atoms with Crippen molar-refractivity contribution < 1.29 is 9.53 Å². The molecule has 0 atom stereocenters. The summed E-state index contributed by atoms with van der Waals surface area (Å²) in [6.07, 6.45) is 1.44. The van der Waals surface area contributed by atoms with Crippen molar-refractivity contribution in [2.75, 3.05) is 25.1 Å². The van der Waals surface area contributed by atoms with Gasteiger partial charge in [0.25, 0.3) is 0 Å². The summed E-state index contributed by atoms with van der Waals surface area (Å²) >= 11 is 0. The fraction of sp³-hybridized carbons (Fsp3) is 0.333. The van der Waals surface area contributed by atoms with E-state index in [0.717, 1.165) is 0 Å². The van der Waals surface area contributed by atoms with Gasteiger partial charge >= 0.3 is 0 Å². The van der Waals surface area contributed by atoms with Gasteiger partial charge in [-0.25, -0.2) is 0 Å². The van der Waals surface area contributed by atoms with Gasteiger partial charge in [0.15, 0.2) is 5.82 Å². The van der Waals surface area contributed by atoms with Crippen molar-refractivity contribution in [2.24, 2.45) is 5.73 Å². The molecule has 1 aromatic heterocycles. The highest BCUT2D eigenvalue weighted by atomic mass is 16.5. The van der Waals surface area contributed by atoms with Crippen LogP contribution in [0.25, 0.3) is 0 Å². The third-order valence-corrected chi connectivity index (χ3v) is 1.62. The number of hydrogen-bond donors (Lipinski definition) is 2. The summed E-state index contributed by atoms with van der Waals surface area (Å²) in [4.78, 5) is 10.3. The van der Waals surface area contributed by atoms with Crippen molar-refractivity contribution in [3.63, 3.8) is 0 Å². The Morgan fingerprint density at radius 1 is 1.69 bits per heavy atom. The number of nitrogens with one attached hydrogen (secondary N) is 1. The lowest BCUT2D eigenvalue weighted by Crippen LogP contribution is -2.21. The number of carbonyl (C=O) groups excluding carboxylic acids is 1. The van der Waals surface area contributed by atoms with Gasteiger partial charge in [0.05, 0.1) is 18.4 Å². The van der Waals surface area contributed by atoms with Gasteiger partial charge in [0.2, 0.25) is 5.91 Å². The van der Waals surface area contributed by atoms with E-state index in [1.165, 1.54) is 6.20 Å². The molecule has 1 rings (SSSR count). The fourth-order valence-corrected chi connectivity index (χ4v) is 0.967. The maximum atomic E-state index is 10.3. The van der Waals surface area contributed by atoms with Crippen molar-refractivity contribution in [3.05, 3.63) is 17.8 Å². The Morgan fingerprint density at radius 3 is 3.19 bits per heavy atom. The standard InChI is InChI=1S/C9H11N5O2/c10-5-7-1-2-13-14-9(7)12-3-4-16-6-8(11)15/h1-2H,3-4,6H2,(H2,11,15)(H,12,14). The highest BCUT2D eigenvalue weighted by molar-refractivity contribution is 5.74. The number of nitrogens with zero attached hydrogens (tertiary/aromatic N) is 3. The third kappa shape index (κ3) is 3.89. The molecule has 1 aromatic rings. The van der Waals surface area contributed by atoms with E-state index in [0.29, 0.717) is 24.5 Å². The molecule has 84 valence electrons. The summed E-state index contributed by atoms with van der Waals surface area (Å²) in [6.45, 7) is 0.596.